The predicted octanol–water partition coefficient (Wildman–Crippen LogP) is 4.64. The molecule has 10 heteroatoms. The lowest BCUT2D eigenvalue weighted by atomic mass is 10.0. The van der Waals surface area contributed by atoms with Gasteiger partial charge in [0.25, 0.3) is 10.0 Å². The van der Waals surface area contributed by atoms with Gasteiger partial charge in [-0.2, -0.15) is 15.6 Å². The number of thiophene rings is 2. The highest BCUT2D eigenvalue weighted by Gasteiger charge is 2.26. The normalized spacial score (nSPS) is 12.9. The Morgan fingerprint density at radius 1 is 1.11 bits per heavy atom. The van der Waals surface area contributed by atoms with E-state index in [-0.39, 0.29) is 10.8 Å². The van der Waals surface area contributed by atoms with Gasteiger partial charge < -0.3 is 5.32 Å². The second-order valence-corrected chi connectivity index (χ2v) is 11.1. The van der Waals surface area contributed by atoms with Gasteiger partial charge in [0.1, 0.15) is 4.21 Å². The summed E-state index contributed by atoms with van der Waals surface area (Å²) in [4.78, 5) is 12.6. The number of amides is 1. The van der Waals surface area contributed by atoms with Crippen molar-refractivity contribution in [2.45, 2.75) is 10.3 Å². The zero-order valence-electron chi connectivity index (χ0n) is 14.6. The molecule has 0 aliphatic carbocycles. The zero-order chi connectivity index (χ0) is 20.3. The van der Waals surface area contributed by atoms with Crippen LogP contribution in [0.4, 0.5) is 0 Å². The van der Waals surface area contributed by atoms with Crippen molar-refractivity contribution in [3.8, 4) is 0 Å². The van der Waals surface area contributed by atoms with Gasteiger partial charge >= 0.3 is 0 Å². The van der Waals surface area contributed by atoms with Gasteiger partial charge in [-0.25, -0.2) is 8.42 Å². The van der Waals surface area contributed by atoms with Crippen molar-refractivity contribution in [3.63, 3.8) is 0 Å². The van der Waals surface area contributed by atoms with E-state index in [1.807, 2.05) is 29.0 Å². The van der Waals surface area contributed by atoms with Crippen molar-refractivity contribution in [2.24, 2.45) is 0 Å². The van der Waals surface area contributed by atoms with E-state index < -0.39 is 22.0 Å². The van der Waals surface area contributed by atoms with Crippen molar-refractivity contribution in [1.82, 2.24) is 9.62 Å². The molecule has 2 heterocycles. The fraction of sp³-hybridized carbons (Fsp3) is 0.167. The third kappa shape index (κ3) is 4.94. The van der Waals surface area contributed by atoms with E-state index in [9.17, 15) is 13.2 Å². The number of hydrogen-bond donors (Lipinski definition) is 1. The molecule has 0 radical (unpaired) electrons. The molecule has 0 bridgehead atoms. The Labute approximate surface area is 181 Å². The molecular formula is C18H16Cl2N2O3S3. The lowest BCUT2D eigenvalue weighted by molar-refractivity contribution is -0.121. The molecule has 28 heavy (non-hydrogen) atoms. The minimum absolute atomic E-state index is 0.0971. The van der Waals surface area contributed by atoms with E-state index in [1.54, 1.807) is 12.1 Å². The molecule has 0 aliphatic heterocycles. The third-order valence-corrected chi connectivity index (χ3v) is 8.42. The quantitative estimate of drug-likeness (QED) is 0.541. The Bertz CT molecular complexity index is 1050. The Hall–Kier alpha value is -1.42. The van der Waals surface area contributed by atoms with Gasteiger partial charge in [0.05, 0.1) is 16.9 Å². The first-order valence-electron chi connectivity index (χ1n) is 8.06. The minimum Gasteiger partial charge on any atom is -0.344 e. The van der Waals surface area contributed by atoms with Gasteiger partial charge in [-0.1, -0.05) is 35.3 Å². The number of rotatable bonds is 7. The average Bonchev–Trinajstić information content (AvgIpc) is 3.32. The number of nitrogens with one attached hydrogen (secondary N) is 1. The first-order valence-corrected chi connectivity index (χ1v) is 12.0. The van der Waals surface area contributed by atoms with Crippen LogP contribution in [0.2, 0.25) is 9.36 Å². The second-order valence-electron chi connectivity index (χ2n) is 5.93. The third-order valence-electron chi connectivity index (χ3n) is 3.96. The summed E-state index contributed by atoms with van der Waals surface area (Å²) in [5.41, 5.74) is 1.77. The van der Waals surface area contributed by atoms with E-state index in [1.165, 1.54) is 30.5 Å². The molecule has 3 aromatic rings. The van der Waals surface area contributed by atoms with Crippen LogP contribution in [0.5, 0.6) is 0 Å². The number of likely N-dealkylation sites (N-methyl/N-ethyl adjacent to an activating group) is 1. The van der Waals surface area contributed by atoms with Gasteiger partial charge in [0.15, 0.2) is 0 Å². The molecule has 0 fully saturated rings. The fourth-order valence-corrected chi connectivity index (χ4v) is 6.17. The van der Waals surface area contributed by atoms with E-state index in [2.05, 4.69) is 5.32 Å². The highest BCUT2D eigenvalue weighted by molar-refractivity contribution is 7.91. The SMILES string of the molecule is CN(CC(=O)NC(c1ccc(Cl)cc1)c1ccsc1)S(=O)(=O)c1ccc(Cl)s1. The van der Waals surface area contributed by atoms with Gasteiger partial charge in [-0.05, 0) is 52.2 Å². The van der Waals surface area contributed by atoms with E-state index in [4.69, 9.17) is 23.2 Å². The molecule has 2 aromatic heterocycles. The molecule has 1 unspecified atom stereocenters. The monoisotopic (exact) mass is 474 g/mol. The van der Waals surface area contributed by atoms with Crippen LogP contribution >= 0.6 is 45.9 Å². The molecule has 3 rings (SSSR count). The second kappa shape index (κ2) is 8.94. The maximum Gasteiger partial charge on any atom is 0.252 e. The maximum atomic E-state index is 12.6. The van der Waals surface area contributed by atoms with Gasteiger partial charge in [0, 0.05) is 12.1 Å². The van der Waals surface area contributed by atoms with Gasteiger partial charge in [-0.15, -0.1) is 11.3 Å². The Morgan fingerprint density at radius 3 is 2.39 bits per heavy atom. The number of carbonyl (C=O) groups is 1. The zero-order valence-corrected chi connectivity index (χ0v) is 18.6. The summed E-state index contributed by atoms with van der Waals surface area (Å²) < 4.78 is 26.7. The summed E-state index contributed by atoms with van der Waals surface area (Å²) in [6.45, 7) is -0.313. The molecule has 1 aromatic carbocycles. The number of carbonyl (C=O) groups excluding carboxylic acids is 1. The number of halogens is 2. The summed E-state index contributed by atoms with van der Waals surface area (Å²) in [5.74, 6) is -0.417. The van der Waals surface area contributed by atoms with Crippen molar-refractivity contribution in [1.29, 1.82) is 0 Å². The smallest absolute Gasteiger partial charge is 0.252 e. The molecule has 0 spiro atoms. The number of nitrogens with zero attached hydrogens (tertiary/aromatic N) is 1. The van der Waals surface area contributed by atoms with Crippen molar-refractivity contribution >= 4 is 61.8 Å². The molecular weight excluding hydrogens is 459 g/mol. The summed E-state index contributed by atoms with van der Waals surface area (Å²) in [6.07, 6.45) is 0. The van der Waals surface area contributed by atoms with E-state index >= 15 is 0 Å². The summed E-state index contributed by atoms with van der Waals surface area (Å²) >= 11 is 14.3. The molecule has 148 valence electrons. The Kier molecular flexibility index (Phi) is 6.80. The highest BCUT2D eigenvalue weighted by Crippen LogP contribution is 2.28. The first-order chi connectivity index (χ1) is 13.3. The maximum absolute atomic E-state index is 12.6. The number of benzene rings is 1. The van der Waals surface area contributed by atoms with Crippen LogP contribution in [0.15, 0.2) is 57.4 Å². The Morgan fingerprint density at radius 2 is 1.82 bits per heavy atom. The standard InChI is InChI=1S/C18H16Cl2N2O3S3/c1-22(28(24,25)17-7-6-15(20)27-17)10-16(23)21-18(13-8-9-26-11-13)12-2-4-14(19)5-3-12/h2-9,11,18H,10H2,1H3,(H,21,23). The first kappa shape index (κ1) is 21.3. The van der Waals surface area contributed by atoms with Crippen LogP contribution in [0.1, 0.15) is 17.2 Å². The van der Waals surface area contributed by atoms with Crippen molar-refractivity contribution in [3.05, 3.63) is 73.7 Å². The van der Waals surface area contributed by atoms with Crippen molar-refractivity contribution < 1.29 is 13.2 Å². The van der Waals surface area contributed by atoms with E-state index in [0.29, 0.717) is 9.36 Å². The molecule has 0 saturated heterocycles. The molecule has 5 nitrogen and oxygen atoms in total. The molecule has 0 aliphatic rings. The van der Waals surface area contributed by atoms with Crippen LogP contribution in [0.25, 0.3) is 0 Å². The minimum atomic E-state index is -3.78. The van der Waals surface area contributed by atoms with Crippen LogP contribution in [-0.2, 0) is 14.8 Å². The van der Waals surface area contributed by atoms with Crippen molar-refractivity contribution in [2.75, 3.05) is 13.6 Å². The van der Waals surface area contributed by atoms with Gasteiger partial charge in [0.2, 0.25) is 5.91 Å². The lowest BCUT2D eigenvalue weighted by Gasteiger charge is -2.21. The Balaban J connectivity index is 1.76. The molecule has 0 saturated carbocycles. The van der Waals surface area contributed by atoms with Crippen LogP contribution < -0.4 is 5.32 Å². The largest absolute Gasteiger partial charge is 0.344 e. The van der Waals surface area contributed by atoms with Crippen LogP contribution in [-0.4, -0.2) is 32.2 Å². The molecule has 1 atom stereocenters. The lowest BCUT2D eigenvalue weighted by Crippen LogP contribution is -2.39. The molecule has 1 amide bonds. The van der Waals surface area contributed by atoms with Crippen LogP contribution in [0, 0.1) is 0 Å². The average molecular weight is 475 g/mol. The number of hydrogen-bond acceptors (Lipinski definition) is 5. The molecule has 1 N–H and O–H groups in total. The summed E-state index contributed by atoms with van der Waals surface area (Å²) in [5, 5.41) is 7.36. The highest BCUT2D eigenvalue weighted by atomic mass is 35.5. The number of sulfonamides is 1. The topological polar surface area (TPSA) is 66.5 Å². The van der Waals surface area contributed by atoms with E-state index in [0.717, 1.165) is 26.8 Å². The van der Waals surface area contributed by atoms with Gasteiger partial charge in [-0.3, -0.25) is 4.79 Å². The fourth-order valence-electron chi connectivity index (χ4n) is 2.54. The summed E-state index contributed by atoms with van der Waals surface area (Å²) in [6, 6.07) is 11.6. The summed E-state index contributed by atoms with van der Waals surface area (Å²) in [7, 11) is -2.42. The predicted molar refractivity (Wildman–Crippen MR) is 115 cm³/mol. The van der Waals surface area contributed by atoms with Crippen LogP contribution in [0.3, 0.4) is 0 Å².